The minimum atomic E-state index is -0.233. The van der Waals surface area contributed by atoms with E-state index in [4.69, 9.17) is 11.6 Å². The lowest BCUT2D eigenvalue weighted by atomic mass is 9.99. The first kappa shape index (κ1) is 14.5. The predicted octanol–water partition coefficient (Wildman–Crippen LogP) is 4.74. The van der Waals surface area contributed by atoms with Crippen molar-refractivity contribution in [1.29, 1.82) is 0 Å². The van der Waals surface area contributed by atoms with Gasteiger partial charge in [-0.25, -0.2) is 4.39 Å². The Morgan fingerprint density at radius 1 is 1.21 bits per heavy atom. The van der Waals surface area contributed by atoms with Crippen molar-refractivity contribution in [2.24, 2.45) is 0 Å². The second-order valence-electron chi connectivity index (χ2n) is 4.33. The molecule has 0 fully saturated rings. The van der Waals surface area contributed by atoms with Crippen LogP contribution in [0.25, 0.3) is 0 Å². The molecule has 0 heterocycles. The summed E-state index contributed by atoms with van der Waals surface area (Å²) in [5, 5.41) is 3.99. The molecule has 0 aliphatic heterocycles. The van der Waals surface area contributed by atoms with E-state index in [1.54, 1.807) is 6.07 Å². The molecule has 0 amide bonds. The van der Waals surface area contributed by atoms with Crippen LogP contribution >= 0.6 is 27.5 Å². The average Bonchev–Trinajstić information content (AvgIpc) is 2.39. The lowest BCUT2D eigenvalue weighted by Crippen LogP contribution is -2.19. The van der Waals surface area contributed by atoms with Crippen molar-refractivity contribution in [3.63, 3.8) is 0 Å². The van der Waals surface area contributed by atoms with Crippen LogP contribution in [0.1, 0.15) is 17.2 Å². The molecule has 0 aliphatic rings. The highest BCUT2D eigenvalue weighted by Gasteiger charge is 2.12. The molecule has 0 bridgehead atoms. The maximum absolute atomic E-state index is 13.1. The van der Waals surface area contributed by atoms with Gasteiger partial charge in [0.25, 0.3) is 0 Å². The van der Waals surface area contributed by atoms with Crippen LogP contribution in [-0.2, 0) is 6.42 Å². The van der Waals surface area contributed by atoms with Crippen LogP contribution in [0, 0.1) is 5.82 Å². The van der Waals surface area contributed by atoms with Gasteiger partial charge in [-0.3, -0.25) is 0 Å². The van der Waals surface area contributed by atoms with Crippen LogP contribution in [0.5, 0.6) is 0 Å². The summed E-state index contributed by atoms with van der Waals surface area (Å²) in [6.07, 6.45) is 0.777. The van der Waals surface area contributed by atoms with Crippen molar-refractivity contribution in [3.05, 3.63) is 68.9 Å². The number of likely N-dealkylation sites (N-methyl/N-ethyl adjacent to an activating group) is 1. The molecule has 100 valence electrons. The lowest BCUT2D eigenvalue weighted by Gasteiger charge is -2.17. The summed E-state index contributed by atoms with van der Waals surface area (Å²) in [5.41, 5.74) is 2.22. The first-order chi connectivity index (χ1) is 9.10. The highest BCUT2D eigenvalue weighted by molar-refractivity contribution is 9.10. The number of benzene rings is 2. The fraction of sp³-hybridized carbons (Fsp3) is 0.200. The molecule has 1 nitrogen and oxygen atoms in total. The average molecular weight is 343 g/mol. The topological polar surface area (TPSA) is 12.0 Å². The molecule has 19 heavy (non-hydrogen) atoms. The Morgan fingerprint density at radius 3 is 2.47 bits per heavy atom. The van der Waals surface area contributed by atoms with E-state index in [2.05, 4.69) is 21.2 Å². The fourth-order valence-electron chi connectivity index (χ4n) is 1.99. The third-order valence-corrected chi connectivity index (χ3v) is 4.05. The largest absolute Gasteiger partial charge is 0.313 e. The van der Waals surface area contributed by atoms with Gasteiger partial charge in [-0.2, -0.15) is 0 Å². The molecule has 0 spiro atoms. The summed E-state index contributed by atoms with van der Waals surface area (Å²) < 4.78 is 13.9. The Hall–Kier alpha value is -0.900. The standard InChI is InChI=1S/C15H14BrClFN/c1-19-15(10-2-5-12(17)6-3-10)8-11-4-7-13(18)9-14(11)16/h2-7,9,15,19H,8H2,1H3. The normalized spacial score (nSPS) is 12.4. The maximum Gasteiger partial charge on any atom is 0.124 e. The monoisotopic (exact) mass is 341 g/mol. The number of hydrogen-bond donors (Lipinski definition) is 1. The van der Waals surface area contributed by atoms with Gasteiger partial charge in [-0.15, -0.1) is 0 Å². The quantitative estimate of drug-likeness (QED) is 0.846. The third kappa shape index (κ3) is 3.78. The molecule has 2 rings (SSSR count). The third-order valence-electron chi connectivity index (χ3n) is 3.06. The van der Waals surface area contributed by atoms with Crippen LogP contribution in [0.2, 0.25) is 5.02 Å². The maximum atomic E-state index is 13.1. The van der Waals surface area contributed by atoms with Gasteiger partial charge in [0, 0.05) is 15.5 Å². The summed E-state index contributed by atoms with van der Waals surface area (Å²) >= 11 is 9.29. The zero-order chi connectivity index (χ0) is 13.8. The molecule has 0 radical (unpaired) electrons. The summed E-state index contributed by atoms with van der Waals surface area (Å²) in [6.45, 7) is 0. The molecule has 1 unspecified atom stereocenters. The zero-order valence-corrected chi connectivity index (χ0v) is 12.8. The lowest BCUT2D eigenvalue weighted by molar-refractivity contribution is 0.587. The van der Waals surface area contributed by atoms with E-state index in [-0.39, 0.29) is 11.9 Å². The first-order valence-electron chi connectivity index (χ1n) is 5.97. The minimum Gasteiger partial charge on any atom is -0.313 e. The Morgan fingerprint density at radius 2 is 1.89 bits per heavy atom. The molecular formula is C15H14BrClFN. The predicted molar refractivity (Wildman–Crippen MR) is 81.1 cm³/mol. The van der Waals surface area contributed by atoms with Gasteiger partial charge in [0.15, 0.2) is 0 Å². The van der Waals surface area contributed by atoms with E-state index in [9.17, 15) is 4.39 Å². The minimum absolute atomic E-state index is 0.166. The Labute approximate surface area is 125 Å². The van der Waals surface area contributed by atoms with Gasteiger partial charge in [0.05, 0.1) is 0 Å². The molecule has 0 aliphatic carbocycles. The molecule has 4 heteroatoms. The molecular weight excluding hydrogens is 329 g/mol. The number of hydrogen-bond acceptors (Lipinski definition) is 1. The van der Waals surface area contributed by atoms with Crippen LogP contribution in [-0.4, -0.2) is 7.05 Å². The van der Waals surface area contributed by atoms with E-state index in [1.165, 1.54) is 12.1 Å². The van der Waals surface area contributed by atoms with E-state index < -0.39 is 0 Å². The van der Waals surface area contributed by atoms with Gasteiger partial charge < -0.3 is 5.32 Å². The second-order valence-corrected chi connectivity index (χ2v) is 5.62. The van der Waals surface area contributed by atoms with Crippen LogP contribution in [0.4, 0.5) is 4.39 Å². The summed E-state index contributed by atoms with van der Waals surface area (Å²) in [4.78, 5) is 0. The van der Waals surface area contributed by atoms with Crippen LogP contribution in [0.15, 0.2) is 46.9 Å². The van der Waals surface area contributed by atoms with Gasteiger partial charge >= 0.3 is 0 Å². The number of rotatable bonds is 4. The Bertz CT molecular complexity index is 557. The van der Waals surface area contributed by atoms with Crippen molar-refractivity contribution in [2.45, 2.75) is 12.5 Å². The number of halogens is 3. The van der Waals surface area contributed by atoms with E-state index in [1.807, 2.05) is 31.3 Å². The smallest absolute Gasteiger partial charge is 0.124 e. The highest BCUT2D eigenvalue weighted by Crippen LogP contribution is 2.25. The highest BCUT2D eigenvalue weighted by atomic mass is 79.9. The van der Waals surface area contributed by atoms with Crippen molar-refractivity contribution in [1.82, 2.24) is 5.32 Å². The van der Waals surface area contributed by atoms with Crippen LogP contribution < -0.4 is 5.32 Å². The van der Waals surface area contributed by atoms with E-state index in [0.717, 1.165) is 27.0 Å². The molecule has 0 saturated heterocycles. The van der Waals surface area contributed by atoms with Gasteiger partial charge in [0.2, 0.25) is 0 Å². The van der Waals surface area contributed by atoms with Gasteiger partial charge in [0.1, 0.15) is 5.82 Å². The molecule has 1 N–H and O–H groups in total. The summed E-state index contributed by atoms with van der Waals surface area (Å²) in [7, 11) is 1.91. The summed E-state index contributed by atoms with van der Waals surface area (Å²) in [5.74, 6) is -0.233. The number of nitrogens with one attached hydrogen (secondary N) is 1. The molecule has 2 aromatic rings. The van der Waals surface area contributed by atoms with Gasteiger partial charge in [-0.05, 0) is 48.9 Å². The van der Waals surface area contributed by atoms with Crippen LogP contribution in [0.3, 0.4) is 0 Å². The second kappa shape index (κ2) is 6.51. The SMILES string of the molecule is CNC(Cc1ccc(F)cc1Br)c1ccc(Cl)cc1. The zero-order valence-electron chi connectivity index (χ0n) is 10.5. The molecule has 0 saturated carbocycles. The first-order valence-corrected chi connectivity index (χ1v) is 7.14. The summed E-state index contributed by atoms with van der Waals surface area (Å²) in [6, 6.07) is 12.7. The van der Waals surface area contributed by atoms with E-state index >= 15 is 0 Å². The molecule has 2 aromatic carbocycles. The Balaban J connectivity index is 2.21. The van der Waals surface area contributed by atoms with Crippen molar-refractivity contribution in [2.75, 3.05) is 7.05 Å². The van der Waals surface area contributed by atoms with E-state index in [0.29, 0.717) is 0 Å². The molecule has 0 aromatic heterocycles. The van der Waals surface area contributed by atoms with Crippen molar-refractivity contribution < 1.29 is 4.39 Å². The van der Waals surface area contributed by atoms with Crippen molar-refractivity contribution in [3.8, 4) is 0 Å². The molecule has 1 atom stereocenters. The van der Waals surface area contributed by atoms with Gasteiger partial charge in [-0.1, -0.05) is 45.7 Å². The fourth-order valence-corrected chi connectivity index (χ4v) is 2.63. The Kier molecular flexibility index (Phi) is 4.97. The van der Waals surface area contributed by atoms with Crippen molar-refractivity contribution >= 4 is 27.5 Å².